The van der Waals surface area contributed by atoms with Crippen LogP contribution >= 0.6 is 11.3 Å². The summed E-state index contributed by atoms with van der Waals surface area (Å²) in [6.45, 7) is 7.91. The maximum atomic E-state index is 12.1. The average Bonchev–Trinajstić information content (AvgIpc) is 2.88. The first kappa shape index (κ1) is 17.9. The van der Waals surface area contributed by atoms with E-state index >= 15 is 0 Å². The Bertz CT molecular complexity index is 730. The van der Waals surface area contributed by atoms with Crippen molar-refractivity contribution >= 4 is 28.6 Å². The number of carbonyl (C=O) groups is 1. The number of ether oxygens (including phenoxy) is 1. The Labute approximate surface area is 145 Å². The van der Waals surface area contributed by atoms with Crippen molar-refractivity contribution < 1.29 is 9.53 Å². The molecule has 0 saturated carbocycles. The summed E-state index contributed by atoms with van der Waals surface area (Å²) in [6, 6.07) is 7.48. The molecule has 24 heavy (non-hydrogen) atoms. The van der Waals surface area contributed by atoms with Crippen LogP contribution in [0.5, 0.6) is 5.75 Å². The van der Waals surface area contributed by atoms with Gasteiger partial charge in [-0.05, 0) is 57.0 Å². The van der Waals surface area contributed by atoms with Gasteiger partial charge < -0.3 is 10.5 Å². The minimum atomic E-state index is -0.301. The first-order chi connectivity index (χ1) is 11.3. The molecule has 128 valence electrons. The van der Waals surface area contributed by atoms with E-state index in [1.165, 1.54) is 0 Å². The number of aryl methyl sites for hydroxylation is 1. The quantitative estimate of drug-likeness (QED) is 0.642. The van der Waals surface area contributed by atoms with Gasteiger partial charge in [0, 0.05) is 0 Å². The number of carbonyl (C=O) groups excluding carboxylic acids is 1. The van der Waals surface area contributed by atoms with Crippen LogP contribution in [0, 0.1) is 0 Å². The number of benzene rings is 1. The number of nitrogens with two attached hydrogens (primary N) is 1. The van der Waals surface area contributed by atoms with Gasteiger partial charge in [-0.2, -0.15) is 5.10 Å². The van der Waals surface area contributed by atoms with Crippen molar-refractivity contribution in [2.24, 2.45) is 5.10 Å². The predicted molar refractivity (Wildman–Crippen MR) is 97.8 cm³/mol. The van der Waals surface area contributed by atoms with Crippen LogP contribution in [0.25, 0.3) is 0 Å². The first-order valence-electron chi connectivity index (χ1n) is 7.66. The number of hydrazone groups is 1. The number of rotatable bonds is 5. The van der Waals surface area contributed by atoms with E-state index in [0.29, 0.717) is 22.1 Å². The van der Waals surface area contributed by atoms with E-state index in [1.54, 1.807) is 6.21 Å². The molecule has 2 rings (SSSR count). The summed E-state index contributed by atoms with van der Waals surface area (Å²) in [4.78, 5) is 16.7. The molecule has 0 aliphatic heterocycles. The summed E-state index contributed by atoms with van der Waals surface area (Å²) in [5, 5.41) is 4.36. The molecule has 0 unspecified atom stereocenters. The van der Waals surface area contributed by atoms with Crippen LogP contribution in [0.1, 0.15) is 48.6 Å². The third-order valence-corrected chi connectivity index (χ3v) is 3.86. The highest BCUT2D eigenvalue weighted by Gasteiger charge is 2.15. The molecule has 1 heterocycles. The van der Waals surface area contributed by atoms with Crippen molar-refractivity contribution in [2.45, 2.75) is 39.7 Å². The molecule has 3 N–H and O–H groups in total. The van der Waals surface area contributed by atoms with E-state index in [9.17, 15) is 4.79 Å². The monoisotopic (exact) mass is 346 g/mol. The Morgan fingerprint density at radius 3 is 2.62 bits per heavy atom. The number of nitrogen functional groups attached to an aromatic ring is 1. The standard InChI is InChI=1S/C17H22N4O2S/c1-5-13-14(24-16(18)20-13)15(22)21-19-10-11-6-8-12(9-7-11)23-17(2,3)4/h6-10H,5H2,1-4H3,(H2,18,20)(H,21,22)/b19-10-. The lowest BCUT2D eigenvalue weighted by molar-refractivity contribution is 0.0958. The Morgan fingerprint density at radius 1 is 1.38 bits per heavy atom. The van der Waals surface area contributed by atoms with Gasteiger partial charge in [0.2, 0.25) is 0 Å². The van der Waals surface area contributed by atoms with Crippen molar-refractivity contribution in [3.05, 3.63) is 40.4 Å². The molecule has 0 radical (unpaired) electrons. The van der Waals surface area contributed by atoms with E-state index in [0.717, 1.165) is 22.6 Å². The average molecular weight is 346 g/mol. The number of amides is 1. The molecule has 1 amide bonds. The van der Waals surface area contributed by atoms with Gasteiger partial charge in [0.1, 0.15) is 16.2 Å². The summed E-state index contributed by atoms with van der Waals surface area (Å²) < 4.78 is 5.75. The molecular weight excluding hydrogens is 324 g/mol. The number of hydrogen-bond acceptors (Lipinski definition) is 6. The van der Waals surface area contributed by atoms with Gasteiger partial charge in [0.25, 0.3) is 5.91 Å². The Balaban J connectivity index is 1.97. The highest BCUT2D eigenvalue weighted by atomic mass is 32.1. The van der Waals surface area contributed by atoms with E-state index in [4.69, 9.17) is 10.5 Å². The largest absolute Gasteiger partial charge is 0.488 e. The fourth-order valence-electron chi connectivity index (χ4n) is 1.98. The molecular formula is C17H22N4O2S. The molecule has 2 aromatic rings. The van der Waals surface area contributed by atoms with Crippen molar-refractivity contribution in [3.8, 4) is 5.75 Å². The fourth-order valence-corrected chi connectivity index (χ4v) is 2.79. The zero-order valence-corrected chi connectivity index (χ0v) is 15.1. The molecule has 0 saturated heterocycles. The smallest absolute Gasteiger partial charge is 0.283 e. The molecule has 7 heteroatoms. The van der Waals surface area contributed by atoms with Gasteiger partial charge in [0.05, 0.1) is 11.9 Å². The van der Waals surface area contributed by atoms with Gasteiger partial charge in [-0.15, -0.1) is 0 Å². The third kappa shape index (κ3) is 5.06. The topological polar surface area (TPSA) is 89.6 Å². The van der Waals surface area contributed by atoms with Crippen molar-refractivity contribution in [1.82, 2.24) is 10.4 Å². The summed E-state index contributed by atoms with van der Waals surface area (Å²) >= 11 is 1.16. The summed E-state index contributed by atoms with van der Waals surface area (Å²) in [7, 11) is 0. The number of nitrogens with zero attached hydrogens (tertiary/aromatic N) is 2. The zero-order valence-electron chi connectivity index (χ0n) is 14.3. The van der Waals surface area contributed by atoms with Gasteiger partial charge in [-0.1, -0.05) is 18.3 Å². The van der Waals surface area contributed by atoms with Crippen molar-refractivity contribution in [1.29, 1.82) is 0 Å². The molecule has 1 aromatic heterocycles. The van der Waals surface area contributed by atoms with Crippen LogP contribution in [-0.2, 0) is 6.42 Å². The lowest BCUT2D eigenvalue weighted by Gasteiger charge is -2.21. The van der Waals surface area contributed by atoms with Crippen LogP contribution in [0.3, 0.4) is 0 Å². The van der Waals surface area contributed by atoms with Crippen LogP contribution in [0.15, 0.2) is 29.4 Å². The predicted octanol–water partition coefficient (Wildman–Crippen LogP) is 3.23. The minimum absolute atomic E-state index is 0.239. The molecule has 6 nitrogen and oxygen atoms in total. The summed E-state index contributed by atoms with van der Waals surface area (Å²) in [5.41, 5.74) is 9.46. The third-order valence-electron chi connectivity index (χ3n) is 2.94. The molecule has 0 atom stereocenters. The van der Waals surface area contributed by atoms with Crippen LogP contribution in [-0.4, -0.2) is 22.7 Å². The second kappa shape index (κ2) is 7.44. The zero-order chi connectivity index (χ0) is 17.7. The normalized spacial score (nSPS) is 11.7. The molecule has 0 aliphatic carbocycles. The minimum Gasteiger partial charge on any atom is -0.488 e. The summed E-state index contributed by atoms with van der Waals surface area (Å²) in [6.07, 6.45) is 2.23. The maximum Gasteiger partial charge on any atom is 0.283 e. The lowest BCUT2D eigenvalue weighted by atomic mass is 10.2. The lowest BCUT2D eigenvalue weighted by Crippen LogP contribution is -2.22. The Morgan fingerprint density at radius 2 is 2.04 bits per heavy atom. The highest BCUT2D eigenvalue weighted by molar-refractivity contribution is 7.17. The second-order valence-corrected chi connectivity index (χ2v) is 7.19. The SMILES string of the molecule is CCc1nc(N)sc1C(=O)N/N=C\c1ccc(OC(C)(C)C)cc1. The first-order valence-corrected chi connectivity index (χ1v) is 8.48. The van der Waals surface area contributed by atoms with Crippen molar-refractivity contribution in [2.75, 3.05) is 5.73 Å². The van der Waals surface area contributed by atoms with Crippen LogP contribution < -0.4 is 15.9 Å². The van der Waals surface area contributed by atoms with Gasteiger partial charge in [-0.25, -0.2) is 10.4 Å². The van der Waals surface area contributed by atoms with Gasteiger partial charge in [0.15, 0.2) is 5.13 Å². The molecule has 0 spiro atoms. The van der Waals surface area contributed by atoms with E-state index in [1.807, 2.05) is 52.0 Å². The number of aromatic nitrogens is 1. The Kier molecular flexibility index (Phi) is 5.56. The molecule has 0 fully saturated rings. The van der Waals surface area contributed by atoms with E-state index < -0.39 is 0 Å². The Hall–Kier alpha value is -2.41. The van der Waals surface area contributed by atoms with Crippen LogP contribution in [0.4, 0.5) is 5.13 Å². The summed E-state index contributed by atoms with van der Waals surface area (Å²) in [5.74, 6) is 0.487. The molecule has 0 aliphatic rings. The number of nitrogens with one attached hydrogen (secondary N) is 1. The fraction of sp³-hybridized carbons (Fsp3) is 0.353. The van der Waals surface area contributed by atoms with E-state index in [2.05, 4.69) is 15.5 Å². The number of hydrogen-bond donors (Lipinski definition) is 2. The highest BCUT2D eigenvalue weighted by Crippen LogP contribution is 2.21. The maximum absolute atomic E-state index is 12.1. The van der Waals surface area contributed by atoms with E-state index in [-0.39, 0.29) is 11.5 Å². The van der Waals surface area contributed by atoms with Gasteiger partial charge >= 0.3 is 0 Å². The second-order valence-electron chi connectivity index (χ2n) is 6.16. The molecule has 1 aromatic carbocycles. The van der Waals surface area contributed by atoms with Crippen molar-refractivity contribution in [3.63, 3.8) is 0 Å². The number of thiazole rings is 1. The van der Waals surface area contributed by atoms with Gasteiger partial charge in [-0.3, -0.25) is 4.79 Å². The van der Waals surface area contributed by atoms with Crippen LogP contribution in [0.2, 0.25) is 0 Å². The number of anilines is 1. The molecule has 0 bridgehead atoms.